The van der Waals surface area contributed by atoms with Gasteiger partial charge in [0.1, 0.15) is 0 Å². The maximum absolute atomic E-state index is 10.3. The molecule has 23 heavy (non-hydrogen) atoms. The van der Waals surface area contributed by atoms with Gasteiger partial charge in [0, 0.05) is 30.8 Å². The quantitative estimate of drug-likeness (QED) is 0.730. The van der Waals surface area contributed by atoms with Crippen LogP contribution < -0.4 is 0 Å². The number of pyridine rings is 1. The number of aliphatic hydroxyl groups excluding tert-OH is 1. The summed E-state index contributed by atoms with van der Waals surface area (Å²) in [5.74, 6) is 1.30. The number of aliphatic hydroxyl groups is 1. The van der Waals surface area contributed by atoms with Crippen LogP contribution in [0.2, 0.25) is 0 Å². The summed E-state index contributed by atoms with van der Waals surface area (Å²) >= 11 is 1.49. The second-order valence-electron chi connectivity index (χ2n) is 5.34. The van der Waals surface area contributed by atoms with Crippen LogP contribution in [0, 0.1) is 6.92 Å². The normalized spacial score (nSPS) is 12.3. The Balaban J connectivity index is 1.69. The van der Waals surface area contributed by atoms with Gasteiger partial charge in [0.05, 0.1) is 6.10 Å². The lowest BCUT2D eigenvalue weighted by Crippen LogP contribution is -2.02. The Kier molecular flexibility index (Phi) is 4.73. The summed E-state index contributed by atoms with van der Waals surface area (Å²) in [5.41, 5.74) is 3.02. The van der Waals surface area contributed by atoms with E-state index in [1.807, 2.05) is 54.9 Å². The van der Waals surface area contributed by atoms with Gasteiger partial charge in [0.2, 0.25) is 0 Å². The number of aryl methyl sites for hydroxylation is 1. The molecule has 0 aliphatic heterocycles. The molecule has 0 radical (unpaired) electrons. The van der Waals surface area contributed by atoms with Crippen molar-refractivity contribution in [1.82, 2.24) is 19.7 Å². The lowest BCUT2D eigenvalue weighted by atomic mass is 10.1. The number of hydrogen-bond donors (Lipinski definition) is 1. The molecule has 0 saturated carbocycles. The van der Waals surface area contributed by atoms with Crippen molar-refractivity contribution in [2.24, 2.45) is 7.05 Å². The zero-order chi connectivity index (χ0) is 16.2. The molecule has 118 valence electrons. The molecule has 1 aromatic carbocycles. The van der Waals surface area contributed by atoms with Crippen LogP contribution in [0.15, 0.2) is 53.9 Å². The van der Waals surface area contributed by atoms with Crippen LogP contribution >= 0.6 is 11.8 Å². The first-order chi connectivity index (χ1) is 11.1. The average molecular weight is 326 g/mol. The Bertz CT molecular complexity index is 771. The molecule has 1 unspecified atom stereocenters. The van der Waals surface area contributed by atoms with Gasteiger partial charge >= 0.3 is 0 Å². The highest BCUT2D eigenvalue weighted by molar-refractivity contribution is 7.99. The molecule has 3 aromatic rings. The number of nitrogens with zero attached hydrogens (tertiary/aromatic N) is 4. The fourth-order valence-electron chi connectivity index (χ4n) is 2.23. The van der Waals surface area contributed by atoms with Crippen molar-refractivity contribution >= 4 is 11.8 Å². The van der Waals surface area contributed by atoms with Crippen LogP contribution in [-0.2, 0) is 7.05 Å². The van der Waals surface area contributed by atoms with E-state index in [1.54, 1.807) is 12.4 Å². The van der Waals surface area contributed by atoms with Gasteiger partial charge in [-0.2, -0.15) is 0 Å². The first kappa shape index (κ1) is 15.7. The number of aromatic nitrogens is 4. The Labute approximate surface area is 139 Å². The van der Waals surface area contributed by atoms with Crippen LogP contribution in [0.3, 0.4) is 0 Å². The van der Waals surface area contributed by atoms with E-state index in [4.69, 9.17) is 0 Å². The van der Waals surface area contributed by atoms with E-state index in [9.17, 15) is 5.11 Å². The van der Waals surface area contributed by atoms with Crippen LogP contribution in [0.1, 0.15) is 17.2 Å². The van der Waals surface area contributed by atoms with Gasteiger partial charge in [0.15, 0.2) is 11.0 Å². The molecule has 0 aliphatic carbocycles. The molecule has 3 rings (SSSR count). The average Bonchev–Trinajstić information content (AvgIpc) is 2.95. The first-order valence-corrected chi connectivity index (χ1v) is 8.31. The maximum Gasteiger partial charge on any atom is 0.191 e. The molecular formula is C17H18N4OS. The smallest absolute Gasteiger partial charge is 0.191 e. The van der Waals surface area contributed by atoms with Crippen molar-refractivity contribution in [3.05, 3.63) is 59.9 Å². The summed E-state index contributed by atoms with van der Waals surface area (Å²) in [5, 5.41) is 19.5. The molecule has 0 spiro atoms. The summed E-state index contributed by atoms with van der Waals surface area (Å²) in [7, 11) is 1.92. The molecule has 0 fully saturated rings. The minimum atomic E-state index is -0.529. The van der Waals surface area contributed by atoms with Crippen molar-refractivity contribution in [3.63, 3.8) is 0 Å². The number of hydrogen-bond acceptors (Lipinski definition) is 5. The molecule has 2 heterocycles. The zero-order valence-electron chi connectivity index (χ0n) is 13.0. The van der Waals surface area contributed by atoms with E-state index in [1.165, 1.54) is 17.3 Å². The molecule has 0 bridgehead atoms. The van der Waals surface area contributed by atoms with Gasteiger partial charge in [0.25, 0.3) is 0 Å². The van der Waals surface area contributed by atoms with Crippen molar-refractivity contribution in [1.29, 1.82) is 0 Å². The lowest BCUT2D eigenvalue weighted by molar-refractivity contribution is 0.204. The summed E-state index contributed by atoms with van der Waals surface area (Å²) in [4.78, 5) is 4.10. The Morgan fingerprint density at radius 1 is 1.17 bits per heavy atom. The molecule has 0 saturated heterocycles. The molecule has 0 aliphatic rings. The van der Waals surface area contributed by atoms with Crippen LogP contribution in [0.25, 0.3) is 11.4 Å². The molecule has 2 aromatic heterocycles. The van der Waals surface area contributed by atoms with E-state index in [0.29, 0.717) is 5.75 Å². The third-order valence-electron chi connectivity index (χ3n) is 3.59. The summed E-state index contributed by atoms with van der Waals surface area (Å²) in [6.07, 6.45) is 2.96. The van der Waals surface area contributed by atoms with E-state index >= 15 is 0 Å². The highest BCUT2D eigenvalue weighted by Crippen LogP contribution is 2.26. The second kappa shape index (κ2) is 6.93. The molecule has 5 nitrogen and oxygen atoms in total. The monoisotopic (exact) mass is 326 g/mol. The van der Waals surface area contributed by atoms with Crippen molar-refractivity contribution in [2.75, 3.05) is 5.75 Å². The maximum atomic E-state index is 10.3. The van der Waals surface area contributed by atoms with E-state index in [0.717, 1.165) is 22.1 Å². The van der Waals surface area contributed by atoms with Gasteiger partial charge in [-0.15, -0.1) is 10.2 Å². The number of benzene rings is 1. The van der Waals surface area contributed by atoms with Gasteiger partial charge in [-0.05, 0) is 24.6 Å². The van der Waals surface area contributed by atoms with Crippen molar-refractivity contribution in [2.45, 2.75) is 18.2 Å². The van der Waals surface area contributed by atoms with Gasteiger partial charge in [-0.25, -0.2) is 0 Å². The first-order valence-electron chi connectivity index (χ1n) is 7.32. The van der Waals surface area contributed by atoms with Gasteiger partial charge in [-0.1, -0.05) is 41.6 Å². The fraction of sp³-hybridized carbons (Fsp3) is 0.235. The van der Waals surface area contributed by atoms with E-state index in [2.05, 4.69) is 15.2 Å². The number of thioether (sulfide) groups is 1. The van der Waals surface area contributed by atoms with E-state index < -0.39 is 6.10 Å². The summed E-state index contributed by atoms with van der Waals surface area (Å²) in [6.45, 7) is 2.03. The molecule has 1 N–H and O–H groups in total. The molecule has 1 atom stereocenters. The Hall–Kier alpha value is -2.18. The van der Waals surface area contributed by atoms with Gasteiger partial charge in [-0.3, -0.25) is 4.98 Å². The van der Waals surface area contributed by atoms with Crippen molar-refractivity contribution < 1.29 is 5.11 Å². The highest BCUT2D eigenvalue weighted by Gasteiger charge is 2.14. The molecule has 0 amide bonds. The van der Waals surface area contributed by atoms with Crippen LogP contribution in [0.4, 0.5) is 0 Å². The van der Waals surface area contributed by atoms with Gasteiger partial charge < -0.3 is 9.67 Å². The second-order valence-corrected chi connectivity index (χ2v) is 6.33. The predicted octanol–water partition coefficient (Wildman–Crippen LogP) is 3.01. The SMILES string of the molecule is Cc1ccc(C(O)CSc2nnc(-c3cccnc3)n2C)cc1. The minimum absolute atomic E-state index is 0.529. The largest absolute Gasteiger partial charge is 0.388 e. The summed E-state index contributed by atoms with van der Waals surface area (Å²) in [6, 6.07) is 11.7. The lowest BCUT2D eigenvalue weighted by Gasteiger charge is -2.10. The van der Waals surface area contributed by atoms with E-state index in [-0.39, 0.29) is 0 Å². The standard InChI is InChI=1S/C17H18N4OS/c1-12-5-7-13(8-6-12)15(22)11-23-17-20-19-16(21(17)2)14-4-3-9-18-10-14/h3-10,15,22H,11H2,1-2H3. The molecular weight excluding hydrogens is 308 g/mol. The number of rotatable bonds is 5. The van der Waals surface area contributed by atoms with Crippen LogP contribution in [-0.4, -0.2) is 30.6 Å². The topological polar surface area (TPSA) is 63.8 Å². The Morgan fingerprint density at radius 2 is 1.96 bits per heavy atom. The Morgan fingerprint density at radius 3 is 2.65 bits per heavy atom. The zero-order valence-corrected chi connectivity index (χ0v) is 13.9. The molecule has 6 heteroatoms. The highest BCUT2D eigenvalue weighted by atomic mass is 32.2. The third kappa shape index (κ3) is 3.60. The van der Waals surface area contributed by atoms with Crippen LogP contribution in [0.5, 0.6) is 0 Å². The third-order valence-corrected chi connectivity index (χ3v) is 4.68. The summed E-state index contributed by atoms with van der Waals surface area (Å²) < 4.78 is 1.92. The van der Waals surface area contributed by atoms with Crippen molar-refractivity contribution in [3.8, 4) is 11.4 Å². The minimum Gasteiger partial charge on any atom is -0.388 e. The predicted molar refractivity (Wildman–Crippen MR) is 91.1 cm³/mol. The fourth-order valence-corrected chi connectivity index (χ4v) is 3.10.